The molecule has 0 N–H and O–H groups in total. The number of carbonyl (C=O) groups excluding carboxylic acids is 2. The molecule has 0 atom stereocenters. The smallest absolute Gasteiger partial charge is 0.313 e. The van der Waals surface area contributed by atoms with Crippen molar-refractivity contribution in [2.45, 2.75) is 44.9 Å². The van der Waals surface area contributed by atoms with Gasteiger partial charge in [-0.2, -0.15) is 0 Å². The Labute approximate surface area is 140 Å². The van der Waals surface area contributed by atoms with E-state index in [0.717, 1.165) is 36.6 Å². The number of rotatable bonds is 8. The lowest BCUT2D eigenvalue weighted by molar-refractivity contribution is -0.159. The average molecular weight is 365 g/mol. The van der Waals surface area contributed by atoms with E-state index in [-0.39, 0.29) is 6.42 Å². The molecule has 0 heterocycles. The fraction of sp³-hybridized carbons (Fsp3) is 0.444. The van der Waals surface area contributed by atoms with Crippen LogP contribution in [0.25, 0.3) is 0 Å². The van der Waals surface area contributed by atoms with Crippen molar-refractivity contribution >= 4 is 27.9 Å². The number of hydrogen-bond donors (Lipinski definition) is 0. The maximum atomic E-state index is 11.5. The van der Waals surface area contributed by atoms with Gasteiger partial charge in [0.1, 0.15) is 0 Å². The molecule has 0 aromatic heterocycles. The van der Waals surface area contributed by atoms with E-state index in [9.17, 15) is 9.59 Å². The van der Waals surface area contributed by atoms with Crippen molar-refractivity contribution in [3.8, 4) is 11.8 Å². The molecular weight excluding hydrogens is 344 g/mol. The number of benzene rings is 1. The van der Waals surface area contributed by atoms with E-state index in [4.69, 9.17) is 4.74 Å². The van der Waals surface area contributed by atoms with E-state index >= 15 is 0 Å². The van der Waals surface area contributed by atoms with E-state index in [0.29, 0.717) is 12.8 Å². The third kappa shape index (κ3) is 9.36. The van der Waals surface area contributed by atoms with Gasteiger partial charge in [0.25, 0.3) is 0 Å². The topological polar surface area (TPSA) is 43.4 Å². The lowest BCUT2D eigenvalue weighted by atomic mass is 10.2. The molecule has 0 aliphatic heterocycles. The molecule has 0 amide bonds. The Morgan fingerprint density at radius 1 is 0.955 bits per heavy atom. The fourth-order valence-electron chi connectivity index (χ4n) is 1.76. The minimum absolute atomic E-state index is 0.275. The predicted molar refractivity (Wildman–Crippen MR) is 90.5 cm³/mol. The van der Waals surface area contributed by atoms with Gasteiger partial charge in [-0.3, -0.25) is 9.59 Å². The Bertz CT molecular complexity index is 514. The van der Waals surface area contributed by atoms with Crippen molar-refractivity contribution in [3.05, 3.63) is 35.9 Å². The van der Waals surface area contributed by atoms with Crippen LogP contribution in [0.15, 0.2) is 30.3 Å². The number of alkyl halides is 1. The van der Waals surface area contributed by atoms with Crippen molar-refractivity contribution in [2.75, 3.05) is 5.33 Å². The molecule has 0 bridgehead atoms. The number of ether oxygens (including phenoxy) is 1. The molecule has 118 valence electrons. The molecule has 0 saturated heterocycles. The first-order chi connectivity index (χ1) is 10.7. The predicted octanol–water partition coefficient (Wildman–Crippen LogP) is 4.23. The van der Waals surface area contributed by atoms with Gasteiger partial charge in [-0.05, 0) is 37.8 Å². The molecule has 1 aromatic rings. The van der Waals surface area contributed by atoms with E-state index in [2.05, 4.69) is 27.8 Å². The average Bonchev–Trinajstić information content (AvgIpc) is 2.52. The fourth-order valence-corrected chi connectivity index (χ4v) is 2.16. The second-order valence-corrected chi connectivity index (χ2v) is 5.66. The molecule has 0 fully saturated rings. The summed E-state index contributed by atoms with van der Waals surface area (Å²) in [4.78, 5) is 22.8. The molecule has 0 radical (unpaired) electrons. The number of unbranched alkanes of at least 4 members (excludes halogenated alkanes) is 3. The van der Waals surface area contributed by atoms with Gasteiger partial charge < -0.3 is 4.74 Å². The standard InChI is InChI=1S/C18H21BrO3/c19-15-9-8-14-18(21)22-17(20)13-7-2-1-4-10-16-11-5-3-6-12-16/h3,5-6,11-12H,1-2,7-9,13-15H2. The highest BCUT2D eigenvalue weighted by molar-refractivity contribution is 9.09. The molecule has 1 aromatic carbocycles. The summed E-state index contributed by atoms with van der Waals surface area (Å²) in [5.74, 6) is 5.29. The Balaban J connectivity index is 2.08. The zero-order valence-electron chi connectivity index (χ0n) is 12.6. The molecule has 0 aliphatic rings. The van der Waals surface area contributed by atoms with Crippen LogP contribution in [0.2, 0.25) is 0 Å². The molecule has 1 rings (SSSR count). The van der Waals surface area contributed by atoms with Crippen LogP contribution in [0.3, 0.4) is 0 Å². The lowest BCUT2D eigenvalue weighted by Crippen LogP contribution is -2.11. The molecule has 3 nitrogen and oxygen atoms in total. The van der Waals surface area contributed by atoms with Gasteiger partial charge in [0, 0.05) is 30.2 Å². The summed E-state index contributed by atoms with van der Waals surface area (Å²) in [5.41, 5.74) is 0.996. The van der Waals surface area contributed by atoms with Crippen LogP contribution < -0.4 is 0 Å². The zero-order chi connectivity index (χ0) is 16.0. The normalized spacial score (nSPS) is 9.68. The molecule has 0 unspecified atom stereocenters. The second kappa shape index (κ2) is 12.0. The third-order valence-corrected chi connectivity index (χ3v) is 3.49. The Kier molecular flexibility index (Phi) is 10.1. The van der Waals surface area contributed by atoms with Crippen molar-refractivity contribution in [1.29, 1.82) is 0 Å². The summed E-state index contributed by atoms with van der Waals surface area (Å²) >= 11 is 3.29. The highest BCUT2D eigenvalue weighted by atomic mass is 79.9. The molecule has 0 saturated carbocycles. The minimum Gasteiger partial charge on any atom is -0.393 e. The van der Waals surface area contributed by atoms with Gasteiger partial charge in [-0.1, -0.05) is 46.0 Å². The number of carbonyl (C=O) groups is 2. The van der Waals surface area contributed by atoms with Crippen molar-refractivity contribution < 1.29 is 14.3 Å². The van der Waals surface area contributed by atoms with Gasteiger partial charge in [0.05, 0.1) is 0 Å². The van der Waals surface area contributed by atoms with Crippen LogP contribution in [-0.2, 0) is 14.3 Å². The summed E-state index contributed by atoms with van der Waals surface area (Å²) < 4.78 is 4.74. The van der Waals surface area contributed by atoms with Crippen LogP contribution in [-0.4, -0.2) is 17.3 Å². The Hall–Kier alpha value is -1.60. The quantitative estimate of drug-likeness (QED) is 0.228. The number of hydrogen-bond acceptors (Lipinski definition) is 3. The summed E-state index contributed by atoms with van der Waals surface area (Å²) in [6, 6.07) is 9.79. The SMILES string of the molecule is O=C(CCCCBr)OC(=O)CCCCC#Cc1ccccc1. The van der Waals surface area contributed by atoms with Gasteiger partial charge in [0.2, 0.25) is 0 Å². The third-order valence-electron chi connectivity index (χ3n) is 2.93. The Morgan fingerprint density at radius 2 is 1.59 bits per heavy atom. The summed E-state index contributed by atoms with van der Waals surface area (Å²) in [7, 11) is 0. The van der Waals surface area contributed by atoms with Crippen molar-refractivity contribution in [1.82, 2.24) is 0 Å². The van der Waals surface area contributed by atoms with Crippen LogP contribution in [0, 0.1) is 11.8 Å². The zero-order valence-corrected chi connectivity index (χ0v) is 14.2. The Morgan fingerprint density at radius 3 is 2.23 bits per heavy atom. The highest BCUT2D eigenvalue weighted by Crippen LogP contribution is 2.04. The van der Waals surface area contributed by atoms with Crippen LogP contribution in [0.1, 0.15) is 50.5 Å². The first-order valence-corrected chi connectivity index (χ1v) is 8.68. The summed E-state index contributed by atoms with van der Waals surface area (Å²) in [5, 5.41) is 0.859. The monoisotopic (exact) mass is 364 g/mol. The van der Waals surface area contributed by atoms with Gasteiger partial charge in [0.15, 0.2) is 0 Å². The molecule has 0 spiro atoms. The largest absolute Gasteiger partial charge is 0.393 e. The molecule has 22 heavy (non-hydrogen) atoms. The number of esters is 2. The molecular formula is C18H21BrO3. The van der Waals surface area contributed by atoms with Gasteiger partial charge >= 0.3 is 11.9 Å². The molecule has 4 heteroatoms. The maximum absolute atomic E-state index is 11.5. The minimum atomic E-state index is -0.431. The second-order valence-electron chi connectivity index (χ2n) is 4.87. The first kappa shape index (κ1) is 18.4. The van der Waals surface area contributed by atoms with Crippen LogP contribution in [0.5, 0.6) is 0 Å². The van der Waals surface area contributed by atoms with Gasteiger partial charge in [-0.15, -0.1) is 0 Å². The van der Waals surface area contributed by atoms with E-state index in [1.807, 2.05) is 30.3 Å². The highest BCUT2D eigenvalue weighted by Gasteiger charge is 2.09. The van der Waals surface area contributed by atoms with Gasteiger partial charge in [-0.25, -0.2) is 0 Å². The summed E-state index contributed by atoms with van der Waals surface area (Å²) in [6.45, 7) is 0. The van der Waals surface area contributed by atoms with Crippen LogP contribution in [0.4, 0.5) is 0 Å². The first-order valence-electron chi connectivity index (χ1n) is 7.56. The van der Waals surface area contributed by atoms with E-state index < -0.39 is 11.9 Å². The molecule has 0 aliphatic carbocycles. The van der Waals surface area contributed by atoms with E-state index in [1.54, 1.807) is 0 Å². The van der Waals surface area contributed by atoms with E-state index in [1.165, 1.54) is 0 Å². The van der Waals surface area contributed by atoms with Crippen LogP contribution >= 0.6 is 15.9 Å². The van der Waals surface area contributed by atoms with Crippen molar-refractivity contribution in [2.24, 2.45) is 0 Å². The number of halogens is 1. The summed E-state index contributed by atoms with van der Waals surface area (Å²) in [6.07, 6.45) is 4.48. The van der Waals surface area contributed by atoms with Crippen molar-refractivity contribution in [3.63, 3.8) is 0 Å². The maximum Gasteiger partial charge on any atom is 0.313 e. The lowest BCUT2D eigenvalue weighted by Gasteiger charge is -2.02.